The van der Waals surface area contributed by atoms with Crippen molar-refractivity contribution in [3.63, 3.8) is 0 Å². The highest BCUT2D eigenvalue weighted by molar-refractivity contribution is 9.10. The van der Waals surface area contributed by atoms with E-state index in [1.807, 2.05) is 18.2 Å². The summed E-state index contributed by atoms with van der Waals surface area (Å²) in [4.78, 5) is 10.6. The Kier molecular flexibility index (Phi) is 4.32. The molecular formula is C16H16BrNO3. The first-order chi connectivity index (χ1) is 9.79. The third-order valence-electron chi connectivity index (χ3n) is 3.03. The van der Waals surface area contributed by atoms with E-state index in [0.29, 0.717) is 5.75 Å². The lowest BCUT2D eigenvalue weighted by molar-refractivity contribution is -0.385. The second-order valence-electron chi connectivity index (χ2n) is 5.72. The average molecular weight is 350 g/mol. The van der Waals surface area contributed by atoms with E-state index >= 15 is 0 Å². The summed E-state index contributed by atoms with van der Waals surface area (Å²) in [7, 11) is 0. The van der Waals surface area contributed by atoms with Gasteiger partial charge in [0.1, 0.15) is 5.75 Å². The van der Waals surface area contributed by atoms with Crippen LogP contribution in [0.25, 0.3) is 0 Å². The van der Waals surface area contributed by atoms with Crippen molar-refractivity contribution >= 4 is 21.6 Å². The van der Waals surface area contributed by atoms with Crippen LogP contribution in [-0.2, 0) is 5.41 Å². The van der Waals surface area contributed by atoms with E-state index in [1.54, 1.807) is 18.2 Å². The highest BCUT2D eigenvalue weighted by Crippen LogP contribution is 2.38. The standard InChI is InChI=1S/C16H16BrNO3/c1-16(2,3)12-9-8-11(17)10-15(12)21-14-7-5-4-6-13(14)18(19)20/h4-10H,1-3H3. The summed E-state index contributed by atoms with van der Waals surface area (Å²) < 4.78 is 6.70. The van der Waals surface area contributed by atoms with Gasteiger partial charge in [-0.3, -0.25) is 10.1 Å². The van der Waals surface area contributed by atoms with Gasteiger partial charge in [-0.05, 0) is 23.6 Å². The van der Waals surface area contributed by atoms with E-state index in [0.717, 1.165) is 10.0 Å². The molecule has 2 rings (SSSR count). The fourth-order valence-electron chi connectivity index (χ4n) is 2.01. The zero-order valence-corrected chi connectivity index (χ0v) is 13.7. The third-order valence-corrected chi connectivity index (χ3v) is 3.53. The number of nitrogens with zero attached hydrogens (tertiary/aromatic N) is 1. The maximum Gasteiger partial charge on any atom is 0.311 e. The zero-order chi connectivity index (χ0) is 15.6. The minimum absolute atomic E-state index is 0.0441. The number of para-hydroxylation sites is 2. The molecule has 0 radical (unpaired) electrons. The molecule has 0 aliphatic heterocycles. The SMILES string of the molecule is CC(C)(C)c1ccc(Br)cc1Oc1ccccc1[N+](=O)[O-]. The molecule has 0 unspecified atom stereocenters. The molecule has 21 heavy (non-hydrogen) atoms. The van der Waals surface area contributed by atoms with Gasteiger partial charge in [0.25, 0.3) is 0 Å². The van der Waals surface area contributed by atoms with Gasteiger partial charge in [-0.15, -0.1) is 0 Å². The highest BCUT2D eigenvalue weighted by Gasteiger charge is 2.22. The number of benzene rings is 2. The van der Waals surface area contributed by atoms with E-state index in [2.05, 4.69) is 36.7 Å². The Labute approximate surface area is 132 Å². The van der Waals surface area contributed by atoms with E-state index in [9.17, 15) is 10.1 Å². The number of halogens is 1. The van der Waals surface area contributed by atoms with Crippen molar-refractivity contribution in [1.29, 1.82) is 0 Å². The topological polar surface area (TPSA) is 52.4 Å². The molecule has 0 amide bonds. The number of ether oxygens (including phenoxy) is 1. The van der Waals surface area contributed by atoms with Crippen LogP contribution in [0.4, 0.5) is 5.69 Å². The number of nitro groups is 1. The lowest BCUT2D eigenvalue weighted by Crippen LogP contribution is -2.12. The molecule has 2 aromatic carbocycles. The van der Waals surface area contributed by atoms with Crippen molar-refractivity contribution in [2.45, 2.75) is 26.2 Å². The molecule has 0 aliphatic carbocycles. The number of hydrogen-bond acceptors (Lipinski definition) is 3. The molecule has 0 heterocycles. The van der Waals surface area contributed by atoms with E-state index in [4.69, 9.17) is 4.74 Å². The maximum atomic E-state index is 11.1. The lowest BCUT2D eigenvalue weighted by Gasteiger charge is -2.22. The summed E-state index contributed by atoms with van der Waals surface area (Å²) in [6.45, 7) is 6.22. The molecule has 0 bridgehead atoms. The quantitative estimate of drug-likeness (QED) is 0.547. The molecule has 0 aliphatic rings. The van der Waals surface area contributed by atoms with Crippen molar-refractivity contribution in [2.24, 2.45) is 0 Å². The summed E-state index contributed by atoms with van der Waals surface area (Å²) in [6, 6.07) is 12.1. The van der Waals surface area contributed by atoms with Gasteiger partial charge in [-0.2, -0.15) is 0 Å². The van der Waals surface area contributed by atoms with Crippen LogP contribution in [0.5, 0.6) is 11.5 Å². The summed E-state index contributed by atoms with van der Waals surface area (Å²) in [6.07, 6.45) is 0. The summed E-state index contributed by atoms with van der Waals surface area (Å²) in [5, 5.41) is 11.1. The molecule has 4 nitrogen and oxygen atoms in total. The lowest BCUT2D eigenvalue weighted by atomic mass is 9.86. The Morgan fingerprint density at radius 2 is 1.76 bits per heavy atom. The Morgan fingerprint density at radius 3 is 2.38 bits per heavy atom. The first-order valence-electron chi connectivity index (χ1n) is 6.50. The maximum absolute atomic E-state index is 11.1. The average Bonchev–Trinajstić information content (AvgIpc) is 2.37. The Hall–Kier alpha value is -1.88. The van der Waals surface area contributed by atoms with Crippen molar-refractivity contribution < 1.29 is 9.66 Å². The van der Waals surface area contributed by atoms with Crippen molar-refractivity contribution in [1.82, 2.24) is 0 Å². The second-order valence-corrected chi connectivity index (χ2v) is 6.63. The minimum Gasteiger partial charge on any atom is -0.450 e. The molecule has 0 saturated carbocycles. The summed E-state index contributed by atoms with van der Waals surface area (Å²) in [5.41, 5.74) is 0.820. The fraction of sp³-hybridized carbons (Fsp3) is 0.250. The molecule has 0 atom stereocenters. The Balaban J connectivity index is 2.49. The Bertz CT molecular complexity index is 677. The predicted molar refractivity (Wildman–Crippen MR) is 86.0 cm³/mol. The fourth-order valence-corrected chi connectivity index (χ4v) is 2.35. The van der Waals surface area contributed by atoms with Crippen LogP contribution in [0.1, 0.15) is 26.3 Å². The van der Waals surface area contributed by atoms with Gasteiger partial charge >= 0.3 is 5.69 Å². The first-order valence-corrected chi connectivity index (χ1v) is 7.29. The van der Waals surface area contributed by atoms with Crippen molar-refractivity contribution in [3.05, 3.63) is 62.6 Å². The Morgan fingerprint density at radius 1 is 1.10 bits per heavy atom. The van der Waals surface area contributed by atoms with Crippen molar-refractivity contribution in [2.75, 3.05) is 0 Å². The summed E-state index contributed by atoms with van der Waals surface area (Å²) in [5.74, 6) is 0.859. The van der Waals surface area contributed by atoms with E-state index in [1.165, 1.54) is 6.07 Å². The van der Waals surface area contributed by atoms with E-state index < -0.39 is 4.92 Å². The predicted octanol–water partition coefficient (Wildman–Crippen LogP) is 5.45. The van der Waals surface area contributed by atoms with Crippen LogP contribution in [0.3, 0.4) is 0 Å². The van der Waals surface area contributed by atoms with Crippen LogP contribution in [0.15, 0.2) is 46.9 Å². The van der Waals surface area contributed by atoms with Crippen molar-refractivity contribution in [3.8, 4) is 11.5 Å². The number of nitro benzene ring substituents is 1. The molecular weight excluding hydrogens is 334 g/mol. The van der Waals surface area contributed by atoms with Gasteiger partial charge in [0, 0.05) is 16.1 Å². The van der Waals surface area contributed by atoms with Crippen LogP contribution >= 0.6 is 15.9 Å². The van der Waals surface area contributed by atoms with Crippen LogP contribution < -0.4 is 4.74 Å². The first kappa shape index (κ1) is 15.5. The van der Waals surface area contributed by atoms with E-state index in [-0.39, 0.29) is 16.9 Å². The van der Waals surface area contributed by atoms with Crippen LogP contribution in [-0.4, -0.2) is 4.92 Å². The van der Waals surface area contributed by atoms with Gasteiger partial charge in [0.15, 0.2) is 0 Å². The van der Waals surface area contributed by atoms with Gasteiger partial charge < -0.3 is 4.74 Å². The largest absolute Gasteiger partial charge is 0.450 e. The minimum atomic E-state index is -0.440. The normalized spacial score (nSPS) is 11.2. The van der Waals surface area contributed by atoms with Gasteiger partial charge in [0.05, 0.1) is 4.92 Å². The zero-order valence-electron chi connectivity index (χ0n) is 12.1. The molecule has 2 aromatic rings. The number of rotatable bonds is 3. The monoisotopic (exact) mass is 349 g/mol. The molecule has 0 aromatic heterocycles. The van der Waals surface area contributed by atoms with Gasteiger partial charge in [0.2, 0.25) is 5.75 Å². The highest BCUT2D eigenvalue weighted by atomic mass is 79.9. The van der Waals surface area contributed by atoms with Gasteiger partial charge in [-0.25, -0.2) is 0 Å². The number of hydrogen-bond donors (Lipinski definition) is 0. The van der Waals surface area contributed by atoms with Crippen LogP contribution in [0.2, 0.25) is 0 Å². The van der Waals surface area contributed by atoms with Crippen LogP contribution in [0, 0.1) is 10.1 Å². The molecule has 0 N–H and O–H groups in total. The molecule has 0 saturated heterocycles. The molecule has 5 heteroatoms. The van der Waals surface area contributed by atoms with Gasteiger partial charge in [-0.1, -0.05) is 54.9 Å². The molecule has 110 valence electrons. The third kappa shape index (κ3) is 3.61. The second kappa shape index (κ2) is 5.85. The molecule has 0 spiro atoms. The molecule has 0 fully saturated rings. The summed E-state index contributed by atoms with van der Waals surface area (Å²) >= 11 is 3.41. The smallest absolute Gasteiger partial charge is 0.311 e.